The van der Waals surface area contributed by atoms with Crippen LogP contribution in [0.2, 0.25) is 10.0 Å². The van der Waals surface area contributed by atoms with Crippen molar-refractivity contribution in [2.45, 2.75) is 0 Å². The summed E-state index contributed by atoms with van der Waals surface area (Å²) in [6, 6.07) is 18.3. The molecular formula is C19H13Cl2NO3. The van der Waals surface area contributed by atoms with E-state index in [0.29, 0.717) is 27.2 Å². The summed E-state index contributed by atoms with van der Waals surface area (Å²) in [6.07, 6.45) is 0. The fraction of sp³-hybridized carbons (Fsp3) is 0. The third-order valence-corrected chi connectivity index (χ3v) is 3.83. The Balaban J connectivity index is 1.90. The highest BCUT2D eigenvalue weighted by Crippen LogP contribution is 2.33. The van der Waals surface area contributed by atoms with E-state index in [4.69, 9.17) is 27.9 Å². The fourth-order valence-electron chi connectivity index (χ4n) is 2.18. The number of carbonyl (C=O) groups excluding carboxylic acids is 1. The van der Waals surface area contributed by atoms with E-state index < -0.39 is 5.91 Å². The minimum absolute atomic E-state index is 0.0538. The quantitative estimate of drug-likeness (QED) is 0.612. The number of phenols is 1. The molecule has 0 unspecified atom stereocenters. The minimum Gasteiger partial charge on any atom is -0.507 e. The van der Waals surface area contributed by atoms with Crippen molar-refractivity contribution in [2.24, 2.45) is 0 Å². The van der Waals surface area contributed by atoms with Crippen molar-refractivity contribution in [1.82, 2.24) is 0 Å². The lowest BCUT2D eigenvalue weighted by Gasteiger charge is -2.13. The minimum atomic E-state index is -0.528. The maximum Gasteiger partial charge on any atom is 0.259 e. The molecule has 0 heterocycles. The first-order chi connectivity index (χ1) is 12.0. The molecule has 0 atom stereocenters. The van der Waals surface area contributed by atoms with Crippen molar-refractivity contribution in [3.63, 3.8) is 0 Å². The lowest BCUT2D eigenvalue weighted by atomic mass is 10.2. The molecule has 0 aliphatic heterocycles. The summed E-state index contributed by atoms with van der Waals surface area (Å²) in [5.41, 5.74) is 0.430. The Kier molecular flexibility index (Phi) is 5.12. The van der Waals surface area contributed by atoms with Crippen molar-refractivity contribution in [3.8, 4) is 17.2 Å². The summed E-state index contributed by atoms with van der Waals surface area (Å²) < 4.78 is 5.79. The van der Waals surface area contributed by atoms with Crippen LogP contribution in [0.15, 0.2) is 66.7 Å². The molecule has 25 heavy (non-hydrogen) atoms. The molecule has 3 aromatic carbocycles. The first-order valence-electron chi connectivity index (χ1n) is 7.35. The van der Waals surface area contributed by atoms with Crippen LogP contribution in [-0.2, 0) is 0 Å². The monoisotopic (exact) mass is 373 g/mol. The number of rotatable bonds is 4. The highest BCUT2D eigenvalue weighted by Gasteiger charge is 2.15. The van der Waals surface area contributed by atoms with Crippen molar-refractivity contribution in [3.05, 3.63) is 82.3 Å². The second-order valence-corrected chi connectivity index (χ2v) is 6.04. The summed E-state index contributed by atoms with van der Waals surface area (Å²) in [5, 5.41) is 13.3. The van der Waals surface area contributed by atoms with Gasteiger partial charge in [0, 0.05) is 10.0 Å². The van der Waals surface area contributed by atoms with Crippen molar-refractivity contribution < 1.29 is 14.6 Å². The van der Waals surface area contributed by atoms with Gasteiger partial charge in [-0.15, -0.1) is 0 Å². The van der Waals surface area contributed by atoms with E-state index >= 15 is 0 Å². The van der Waals surface area contributed by atoms with Gasteiger partial charge in [0.05, 0.1) is 11.3 Å². The third-order valence-electron chi connectivity index (χ3n) is 3.36. The van der Waals surface area contributed by atoms with Crippen LogP contribution >= 0.6 is 23.2 Å². The SMILES string of the molecule is O=C(Nc1cc(Cl)ccc1Oc1ccccc1)c1cc(Cl)ccc1O. The first-order valence-corrected chi connectivity index (χ1v) is 8.11. The van der Waals surface area contributed by atoms with E-state index in [0.717, 1.165) is 0 Å². The number of amides is 1. The molecule has 4 nitrogen and oxygen atoms in total. The van der Waals surface area contributed by atoms with E-state index in [9.17, 15) is 9.90 Å². The Hall–Kier alpha value is -2.69. The van der Waals surface area contributed by atoms with Gasteiger partial charge in [-0.05, 0) is 48.5 Å². The van der Waals surface area contributed by atoms with Gasteiger partial charge in [-0.1, -0.05) is 41.4 Å². The van der Waals surface area contributed by atoms with Crippen LogP contribution in [0, 0.1) is 0 Å². The topological polar surface area (TPSA) is 58.6 Å². The summed E-state index contributed by atoms with van der Waals surface area (Å²) in [7, 11) is 0. The number of hydrogen-bond donors (Lipinski definition) is 2. The maximum atomic E-state index is 12.5. The number of ether oxygens (including phenoxy) is 1. The second kappa shape index (κ2) is 7.47. The molecule has 0 aliphatic rings. The predicted octanol–water partition coefficient (Wildman–Crippen LogP) is 5.74. The van der Waals surface area contributed by atoms with E-state index in [1.165, 1.54) is 18.2 Å². The van der Waals surface area contributed by atoms with Crippen molar-refractivity contribution in [2.75, 3.05) is 5.32 Å². The van der Waals surface area contributed by atoms with Gasteiger partial charge < -0.3 is 15.2 Å². The lowest BCUT2D eigenvalue weighted by molar-refractivity contribution is 0.102. The van der Waals surface area contributed by atoms with Crippen LogP contribution in [0.1, 0.15) is 10.4 Å². The Labute approximate surface area is 154 Å². The van der Waals surface area contributed by atoms with Gasteiger partial charge in [0.25, 0.3) is 5.91 Å². The molecule has 0 saturated heterocycles. The van der Waals surface area contributed by atoms with Gasteiger partial charge in [-0.2, -0.15) is 0 Å². The van der Waals surface area contributed by atoms with E-state index in [1.54, 1.807) is 30.3 Å². The molecular weight excluding hydrogens is 361 g/mol. The Morgan fingerprint density at radius 1 is 0.920 bits per heavy atom. The number of halogens is 2. The average Bonchev–Trinajstić information content (AvgIpc) is 2.60. The molecule has 6 heteroatoms. The predicted molar refractivity (Wildman–Crippen MR) is 99.0 cm³/mol. The normalized spacial score (nSPS) is 10.3. The van der Waals surface area contributed by atoms with Crippen molar-refractivity contribution >= 4 is 34.8 Å². The second-order valence-electron chi connectivity index (χ2n) is 5.17. The molecule has 0 bridgehead atoms. The zero-order valence-corrected chi connectivity index (χ0v) is 14.4. The van der Waals surface area contributed by atoms with Crippen LogP contribution in [0.3, 0.4) is 0 Å². The standard InChI is InChI=1S/C19H13Cl2NO3/c20-12-6-8-17(23)15(10-12)19(24)22-16-11-13(21)7-9-18(16)25-14-4-2-1-3-5-14/h1-11,23H,(H,22,24). The van der Waals surface area contributed by atoms with E-state index in [2.05, 4.69) is 5.32 Å². The zero-order chi connectivity index (χ0) is 17.8. The van der Waals surface area contributed by atoms with Gasteiger partial charge >= 0.3 is 0 Å². The number of nitrogens with one attached hydrogen (secondary N) is 1. The van der Waals surface area contributed by atoms with Gasteiger partial charge in [0.2, 0.25) is 0 Å². The average molecular weight is 374 g/mol. The number of hydrogen-bond acceptors (Lipinski definition) is 3. The number of aromatic hydroxyl groups is 1. The molecule has 1 amide bonds. The molecule has 0 saturated carbocycles. The molecule has 0 aromatic heterocycles. The zero-order valence-electron chi connectivity index (χ0n) is 12.9. The van der Waals surface area contributed by atoms with Crippen LogP contribution in [0.4, 0.5) is 5.69 Å². The van der Waals surface area contributed by atoms with E-state index in [1.807, 2.05) is 18.2 Å². The highest BCUT2D eigenvalue weighted by atomic mass is 35.5. The van der Waals surface area contributed by atoms with E-state index in [-0.39, 0.29) is 11.3 Å². The lowest BCUT2D eigenvalue weighted by Crippen LogP contribution is -2.12. The van der Waals surface area contributed by atoms with Gasteiger partial charge in [0.1, 0.15) is 11.5 Å². The Morgan fingerprint density at radius 2 is 1.60 bits per heavy atom. The fourth-order valence-corrected chi connectivity index (χ4v) is 2.53. The first kappa shape index (κ1) is 17.1. The van der Waals surface area contributed by atoms with Crippen LogP contribution < -0.4 is 10.1 Å². The molecule has 0 spiro atoms. The number of para-hydroxylation sites is 1. The van der Waals surface area contributed by atoms with Gasteiger partial charge in [0.15, 0.2) is 5.75 Å². The number of benzene rings is 3. The number of phenolic OH excluding ortho intramolecular Hbond substituents is 1. The van der Waals surface area contributed by atoms with Gasteiger partial charge in [-0.3, -0.25) is 4.79 Å². The number of carbonyl (C=O) groups is 1. The van der Waals surface area contributed by atoms with Gasteiger partial charge in [-0.25, -0.2) is 0 Å². The van der Waals surface area contributed by atoms with Crippen LogP contribution in [-0.4, -0.2) is 11.0 Å². The summed E-state index contributed by atoms with van der Waals surface area (Å²) in [5.74, 6) is 0.339. The summed E-state index contributed by atoms with van der Waals surface area (Å²) in [4.78, 5) is 12.5. The van der Waals surface area contributed by atoms with Crippen LogP contribution in [0.25, 0.3) is 0 Å². The molecule has 0 radical (unpaired) electrons. The summed E-state index contributed by atoms with van der Waals surface area (Å²) >= 11 is 11.9. The maximum absolute atomic E-state index is 12.5. The van der Waals surface area contributed by atoms with Crippen molar-refractivity contribution in [1.29, 1.82) is 0 Å². The largest absolute Gasteiger partial charge is 0.507 e. The molecule has 2 N–H and O–H groups in total. The Bertz CT molecular complexity index is 914. The van der Waals surface area contributed by atoms with Crippen LogP contribution in [0.5, 0.6) is 17.2 Å². The third kappa shape index (κ3) is 4.24. The molecule has 0 aliphatic carbocycles. The summed E-state index contributed by atoms with van der Waals surface area (Å²) in [6.45, 7) is 0. The molecule has 3 aromatic rings. The smallest absolute Gasteiger partial charge is 0.259 e. The molecule has 3 rings (SSSR count). The highest BCUT2D eigenvalue weighted by molar-refractivity contribution is 6.31. The molecule has 126 valence electrons. The molecule has 0 fully saturated rings. The number of anilines is 1. The Morgan fingerprint density at radius 3 is 2.36 bits per heavy atom.